The van der Waals surface area contributed by atoms with Crippen LogP contribution in [0, 0.1) is 0 Å². The predicted octanol–water partition coefficient (Wildman–Crippen LogP) is 12.5. The summed E-state index contributed by atoms with van der Waals surface area (Å²) in [5.74, 6) is -0.185. The van der Waals surface area contributed by atoms with Gasteiger partial charge in [-0.3, -0.25) is 13.8 Å². The minimum Gasteiger partial charge on any atom is -0.387 e. The molecule has 3 N–H and O–H groups in total. The minimum absolute atomic E-state index is 0.0583. The quantitative estimate of drug-likeness (QED) is 0.0247. The van der Waals surface area contributed by atoms with Gasteiger partial charge in [-0.15, -0.1) is 0 Å². The highest BCUT2D eigenvalue weighted by Gasteiger charge is 2.27. The van der Waals surface area contributed by atoms with Crippen LogP contribution >= 0.6 is 7.82 Å². The third-order valence-electron chi connectivity index (χ3n) is 10.2. The van der Waals surface area contributed by atoms with Crippen molar-refractivity contribution in [3.8, 4) is 0 Å². The number of nitrogens with one attached hydrogen (secondary N) is 1. The van der Waals surface area contributed by atoms with Crippen LogP contribution in [-0.2, 0) is 18.4 Å². The number of phosphoric acid groups is 1. The van der Waals surface area contributed by atoms with E-state index in [2.05, 4.69) is 31.3 Å². The summed E-state index contributed by atoms with van der Waals surface area (Å²) in [6.07, 6.45) is 43.9. The van der Waals surface area contributed by atoms with Crippen molar-refractivity contribution in [2.75, 3.05) is 40.9 Å². The van der Waals surface area contributed by atoms with Gasteiger partial charge in [0.25, 0.3) is 0 Å². The van der Waals surface area contributed by atoms with Crippen molar-refractivity contribution in [3.63, 3.8) is 0 Å². The van der Waals surface area contributed by atoms with Crippen LogP contribution in [0.25, 0.3) is 0 Å². The van der Waals surface area contributed by atoms with E-state index in [0.29, 0.717) is 17.4 Å². The second-order valence-electron chi connectivity index (χ2n) is 16.8. The number of aliphatic hydroxyl groups excluding tert-OH is 1. The van der Waals surface area contributed by atoms with Crippen LogP contribution < -0.4 is 5.32 Å². The standard InChI is InChI=1S/C45H89N2O6P/c1-6-8-10-12-14-16-18-20-22-23-25-26-28-30-32-34-36-38-44(48)43(42-53-54(50,51)52-41-40-47(3,4)5)46-45(49)39-37-35-33-31-29-27-24-21-19-17-15-13-11-9-7-2/h28,30,36,38,43-44,48H,6-27,29,31-35,37,39-42H2,1-5H3,(H-,46,49,50,51)/p+1/b30-28+,38-36+. The lowest BCUT2D eigenvalue weighted by atomic mass is 10.0. The molecular weight excluding hydrogens is 695 g/mol. The van der Waals surface area contributed by atoms with Crippen molar-refractivity contribution in [1.82, 2.24) is 5.32 Å². The lowest BCUT2D eigenvalue weighted by Gasteiger charge is -2.25. The van der Waals surface area contributed by atoms with Crippen LogP contribution in [0.5, 0.6) is 0 Å². The molecule has 3 unspecified atom stereocenters. The van der Waals surface area contributed by atoms with E-state index < -0.39 is 20.0 Å². The van der Waals surface area contributed by atoms with Crippen LogP contribution in [0.3, 0.4) is 0 Å². The smallest absolute Gasteiger partial charge is 0.387 e. The fourth-order valence-electron chi connectivity index (χ4n) is 6.53. The number of rotatable bonds is 41. The zero-order valence-electron chi connectivity index (χ0n) is 36.2. The normalized spacial score (nSPS) is 14.6. The van der Waals surface area contributed by atoms with Crippen molar-refractivity contribution < 1.29 is 32.9 Å². The highest BCUT2D eigenvalue weighted by Crippen LogP contribution is 2.43. The summed E-state index contributed by atoms with van der Waals surface area (Å²) < 4.78 is 23.5. The van der Waals surface area contributed by atoms with Gasteiger partial charge in [0, 0.05) is 6.42 Å². The summed E-state index contributed by atoms with van der Waals surface area (Å²) in [7, 11) is 1.56. The molecule has 0 bridgehead atoms. The lowest BCUT2D eigenvalue weighted by Crippen LogP contribution is -2.45. The fraction of sp³-hybridized carbons (Fsp3) is 0.889. The Balaban J connectivity index is 4.45. The Morgan fingerprint density at radius 1 is 0.611 bits per heavy atom. The van der Waals surface area contributed by atoms with Gasteiger partial charge in [-0.05, 0) is 32.1 Å². The molecule has 0 aromatic carbocycles. The van der Waals surface area contributed by atoms with E-state index in [1.165, 1.54) is 148 Å². The van der Waals surface area contributed by atoms with Crippen molar-refractivity contribution in [3.05, 3.63) is 24.3 Å². The number of carbonyl (C=O) groups is 1. The molecule has 54 heavy (non-hydrogen) atoms. The molecule has 9 heteroatoms. The zero-order chi connectivity index (χ0) is 40.0. The summed E-state index contributed by atoms with van der Waals surface area (Å²) in [6.45, 7) is 4.80. The molecule has 0 aromatic heterocycles. The average Bonchev–Trinajstić information content (AvgIpc) is 3.12. The average molecular weight is 786 g/mol. The Kier molecular flexibility index (Phi) is 36.8. The first-order chi connectivity index (χ1) is 26.0. The molecule has 0 fully saturated rings. The third-order valence-corrected chi connectivity index (χ3v) is 11.2. The number of carbonyl (C=O) groups excluding carboxylic acids is 1. The molecule has 0 saturated heterocycles. The van der Waals surface area contributed by atoms with Gasteiger partial charge >= 0.3 is 7.82 Å². The molecule has 1 amide bonds. The van der Waals surface area contributed by atoms with Crippen LogP contribution in [0.1, 0.15) is 206 Å². The minimum atomic E-state index is -4.34. The van der Waals surface area contributed by atoms with E-state index in [1.54, 1.807) is 6.08 Å². The summed E-state index contributed by atoms with van der Waals surface area (Å²) in [5.41, 5.74) is 0. The molecule has 0 aliphatic rings. The topological polar surface area (TPSA) is 105 Å². The summed E-state index contributed by atoms with van der Waals surface area (Å²) in [4.78, 5) is 23.1. The number of hydrogen-bond donors (Lipinski definition) is 3. The first kappa shape index (κ1) is 53.0. The van der Waals surface area contributed by atoms with E-state index in [-0.39, 0.29) is 19.1 Å². The second-order valence-corrected chi connectivity index (χ2v) is 18.2. The monoisotopic (exact) mass is 786 g/mol. The highest BCUT2D eigenvalue weighted by atomic mass is 31.2. The van der Waals surface area contributed by atoms with Gasteiger partial charge in [0.2, 0.25) is 5.91 Å². The number of allylic oxidation sites excluding steroid dienone is 3. The first-order valence-electron chi connectivity index (χ1n) is 22.7. The number of quaternary nitrogens is 1. The number of hydrogen-bond acceptors (Lipinski definition) is 5. The Bertz CT molecular complexity index is 938. The number of likely N-dealkylation sites (N-methyl/N-ethyl adjacent to an activating group) is 1. The Morgan fingerprint density at radius 3 is 1.48 bits per heavy atom. The van der Waals surface area contributed by atoms with Gasteiger partial charge in [-0.2, -0.15) is 0 Å². The van der Waals surface area contributed by atoms with Crippen molar-refractivity contribution >= 4 is 13.7 Å². The maximum absolute atomic E-state index is 12.9. The second kappa shape index (κ2) is 37.6. The molecule has 8 nitrogen and oxygen atoms in total. The maximum atomic E-state index is 12.9. The van der Waals surface area contributed by atoms with Crippen LogP contribution in [0.4, 0.5) is 0 Å². The number of phosphoric ester groups is 1. The molecule has 0 spiro atoms. The Morgan fingerprint density at radius 2 is 1.02 bits per heavy atom. The Hall–Kier alpha value is -1.02. The Labute approximate surface area is 334 Å². The number of unbranched alkanes of at least 4 members (excludes halogenated alkanes) is 26. The van der Waals surface area contributed by atoms with Crippen LogP contribution in [0.15, 0.2) is 24.3 Å². The van der Waals surface area contributed by atoms with E-state index in [0.717, 1.165) is 38.5 Å². The van der Waals surface area contributed by atoms with E-state index >= 15 is 0 Å². The van der Waals surface area contributed by atoms with Crippen molar-refractivity contribution in [1.29, 1.82) is 0 Å². The van der Waals surface area contributed by atoms with E-state index in [1.807, 2.05) is 27.2 Å². The molecule has 0 saturated carbocycles. The largest absolute Gasteiger partial charge is 0.472 e. The number of amides is 1. The van der Waals surface area contributed by atoms with Gasteiger partial charge in [-0.1, -0.05) is 192 Å². The molecule has 0 radical (unpaired) electrons. The zero-order valence-corrected chi connectivity index (χ0v) is 37.1. The molecule has 3 atom stereocenters. The van der Waals surface area contributed by atoms with Crippen LogP contribution in [0.2, 0.25) is 0 Å². The van der Waals surface area contributed by atoms with Crippen molar-refractivity contribution in [2.45, 2.75) is 219 Å². The summed E-state index contributed by atoms with van der Waals surface area (Å²) in [5, 5.41) is 13.8. The molecule has 0 rings (SSSR count). The molecule has 0 heterocycles. The molecule has 320 valence electrons. The van der Waals surface area contributed by atoms with Gasteiger partial charge in [0.1, 0.15) is 13.2 Å². The summed E-state index contributed by atoms with van der Waals surface area (Å²) >= 11 is 0. The molecule has 0 aromatic rings. The van der Waals surface area contributed by atoms with Gasteiger partial charge < -0.3 is 19.8 Å². The highest BCUT2D eigenvalue weighted by molar-refractivity contribution is 7.47. The molecular formula is C45H90N2O6P+. The first-order valence-corrected chi connectivity index (χ1v) is 24.2. The third kappa shape index (κ3) is 39.2. The van der Waals surface area contributed by atoms with E-state index in [9.17, 15) is 19.4 Å². The summed E-state index contributed by atoms with van der Waals surface area (Å²) in [6, 6.07) is -0.857. The predicted molar refractivity (Wildman–Crippen MR) is 231 cm³/mol. The van der Waals surface area contributed by atoms with Crippen LogP contribution in [-0.4, -0.2) is 73.4 Å². The molecule has 0 aliphatic heterocycles. The lowest BCUT2D eigenvalue weighted by molar-refractivity contribution is -0.870. The maximum Gasteiger partial charge on any atom is 0.472 e. The number of nitrogens with zero attached hydrogens (tertiary/aromatic N) is 1. The number of aliphatic hydroxyl groups is 1. The van der Waals surface area contributed by atoms with Gasteiger partial charge in [0.15, 0.2) is 0 Å². The SMILES string of the molecule is CCCCCCCCCCCCC/C=C/CC/C=C/C(O)C(COP(=O)(O)OCC[N+](C)(C)C)NC(=O)CCCCCCCCCCCCCCCCC. The van der Waals surface area contributed by atoms with Gasteiger partial charge in [-0.25, -0.2) is 4.57 Å². The fourth-order valence-corrected chi connectivity index (χ4v) is 7.26. The van der Waals surface area contributed by atoms with Crippen molar-refractivity contribution in [2.24, 2.45) is 0 Å². The molecule has 0 aliphatic carbocycles. The van der Waals surface area contributed by atoms with E-state index in [4.69, 9.17) is 9.05 Å². The van der Waals surface area contributed by atoms with Gasteiger partial charge in [0.05, 0.1) is 39.9 Å².